The average molecular weight is 363 g/mol. The summed E-state index contributed by atoms with van der Waals surface area (Å²) in [7, 11) is 0. The maximum Gasteiger partial charge on any atom is 0.340 e. The summed E-state index contributed by atoms with van der Waals surface area (Å²) in [6.07, 6.45) is 0.891. The summed E-state index contributed by atoms with van der Waals surface area (Å²) < 4.78 is 4.88. The number of ether oxygens (including phenoxy) is 1. The zero-order valence-electron chi connectivity index (χ0n) is 13.3. The molecule has 1 amide bonds. The van der Waals surface area contributed by atoms with Crippen LogP contribution in [-0.2, 0) is 16.0 Å². The molecular weight excluding hydrogens is 348 g/mol. The van der Waals surface area contributed by atoms with Crippen molar-refractivity contribution in [1.29, 1.82) is 0 Å². The molecule has 0 bridgehead atoms. The summed E-state index contributed by atoms with van der Waals surface area (Å²) >= 11 is 5.84. The molecule has 2 rings (SSSR count). The van der Waals surface area contributed by atoms with Crippen LogP contribution in [0.25, 0.3) is 0 Å². The Bertz CT molecular complexity index is 805. The van der Waals surface area contributed by atoms with Crippen LogP contribution in [0.5, 0.6) is 0 Å². The van der Waals surface area contributed by atoms with E-state index in [9.17, 15) is 19.7 Å². The molecule has 2 aromatic rings. The van der Waals surface area contributed by atoms with Crippen LogP contribution in [0, 0.1) is 10.1 Å². The highest BCUT2D eigenvalue weighted by Crippen LogP contribution is 2.23. The van der Waals surface area contributed by atoms with E-state index >= 15 is 0 Å². The van der Waals surface area contributed by atoms with Gasteiger partial charge in [-0.05, 0) is 30.2 Å². The van der Waals surface area contributed by atoms with Crippen molar-refractivity contribution in [2.45, 2.75) is 13.3 Å². The van der Waals surface area contributed by atoms with E-state index in [0.29, 0.717) is 5.69 Å². The first-order valence-corrected chi connectivity index (χ1v) is 7.78. The number of nitro benzene ring substituents is 1. The second-order valence-corrected chi connectivity index (χ2v) is 5.50. The molecule has 2 aromatic carbocycles. The van der Waals surface area contributed by atoms with E-state index < -0.39 is 23.4 Å². The minimum Gasteiger partial charge on any atom is -0.452 e. The summed E-state index contributed by atoms with van der Waals surface area (Å²) in [4.78, 5) is 33.8. The number of carbonyl (C=O) groups excluding carboxylic acids is 2. The van der Waals surface area contributed by atoms with Gasteiger partial charge in [0.25, 0.3) is 11.6 Å². The smallest absolute Gasteiger partial charge is 0.340 e. The first kappa shape index (κ1) is 18.4. The maximum absolute atomic E-state index is 11.9. The molecule has 1 N–H and O–H groups in total. The van der Waals surface area contributed by atoms with E-state index in [-0.39, 0.29) is 16.3 Å². The SMILES string of the molecule is CCc1ccc(NC(=O)COC(=O)c2ccc([N+](=O)[O-])cc2Cl)cc1. The highest BCUT2D eigenvalue weighted by Gasteiger charge is 2.17. The van der Waals surface area contributed by atoms with Crippen molar-refractivity contribution in [3.63, 3.8) is 0 Å². The number of hydrogen-bond donors (Lipinski definition) is 1. The van der Waals surface area contributed by atoms with E-state index in [2.05, 4.69) is 5.32 Å². The lowest BCUT2D eigenvalue weighted by Gasteiger charge is -2.08. The minimum atomic E-state index is -0.837. The van der Waals surface area contributed by atoms with Gasteiger partial charge in [0.15, 0.2) is 6.61 Å². The van der Waals surface area contributed by atoms with E-state index in [1.165, 1.54) is 6.07 Å². The highest BCUT2D eigenvalue weighted by atomic mass is 35.5. The standard InChI is InChI=1S/C17H15ClN2O5/c1-2-11-3-5-12(6-4-11)19-16(21)10-25-17(22)14-8-7-13(20(23)24)9-15(14)18/h3-9H,2,10H2,1H3,(H,19,21). The molecule has 0 atom stereocenters. The Morgan fingerprint density at radius 1 is 1.20 bits per heavy atom. The van der Waals surface area contributed by atoms with Gasteiger partial charge in [0.05, 0.1) is 15.5 Å². The second-order valence-electron chi connectivity index (χ2n) is 5.10. The molecule has 8 heteroatoms. The van der Waals surface area contributed by atoms with Gasteiger partial charge in [0, 0.05) is 17.8 Å². The Hall–Kier alpha value is -2.93. The Labute approximate surface area is 148 Å². The van der Waals surface area contributed by atoms with Gasteiger partial charge in [-0.15, -0.1) is 0 Å². The van der Waals surface area contributed by atoms with Gasteiger partial charge in [-0.25, -0.2) is 4.79 Å². The fraction of sp³-hybridized carbons (Fsp3) is 0.176. The predicted octanol–water partition coefficient (Wildman–Crippen LogP) is 3.61. The van der Waals surface area contributed by atoms with Crippen molar-refractivity contribution >= 4 is 34.9 Å². The number of rotatable bonds is 6. The number of esters is 1. The molecule has 0 unspecified atom stereocenters. The van der Waals surface area contributed by atoms with E-state index in [1.807, 2.05) is 19.1 Å². The van der Waals surface area contributed by atoms with Crippen molar-refractivity contribution in [2.24, 2.45) is 0 Å². The number of nitrogens with zero attached hydrogens (tertiary/aromatic N) is 1. The molecule has 0 fully saturated rings. The third kappa shape index (κ3) is 5.02. The number of benzene rings is 2. The monoisotopic (exact) mass is 362 g/mol. The van der Waals surface area contributed by atoms with Gasteiger partial charge in [0.1, 0.15) is 0 Å². The number of halogens is 1. The quantitative estimate of drug-likeness (QED) is 0.481. The van der Waals surface area contributed by atoms with Crippen LogP contribution < -0.4 is 5.32 Å². The van der Waals surface area contributed by atoms with Crippen molar-refractivity contribution < 1.29 is 19.2 Å². The van der Waals surface area contributed by atoms with Gasteiger partial charge >= 0.3 is 5.97 Å². The molecule has 25 heavy (non-hydrogen) atoms. The molecule has 130 valence electrons. The molecule has 0 heterocycles. The van der Waals surface area contributed by atoms with Gasteiger partial charge in [0.2, 0.25) is 0 Å². The van der Waals surface area contributed by atoms with Crippen LogP contribution >= 0.6 is 11.6 Å². The molecule has 0 aliphatic heterocycles. The first-order chi connectivity index (χ1) is 11.9. The molecular formula is C17H15ClN2O5. The highest BCUT2D eigenvalue weighted by molar-refractivity contribution is 6.33. The number of anilines is 1. The van der Waals surface area contributed by atoms with Gasteiger partial charge < -0.3 is 10.1 Å². The molecule has 7 nitrogen and oxygen atoms in total. The summed E-state index contributed by atoms with van der Waals surface area (Å²) in [6.45, 7) is 1.53. The summed E-state index contributed by atoms with van der Waals surface area (Å²) in [5.74, 6) is -1.34. The zero-order valence-corrected chi connectivity index (χ0v) is 14.1. The molecule has 0 radical (unpaired) electrons. The number of aryl methyl sites for hydroxylation is 1. The first-order valence-electron chi connectivity index (χ1n) is 7.40. The van der Waals surface area contributed by atoms with Gasteiger partial charge in [-0.2, -0.15) is 0 Å². The van der Waals surface area contributed by atoms with Gasteiger partial charge in [-0.3, -0.25) is 14.9 Å². The van der Waals surface area contributed by atoms with Crippen LogP contribution in [0.2, 0.25) is 5.02 Å². The fourth-order valence-corrected chi connectivity index (χ4v) is 2.26. The van der Waals surface area contributed by atoms with Crippen LogP contribution in [0.1, 0.15) is 22.8 Å². The van der Waals surface area contributed by atoms with Gasteiger partial charge in [-0.1, -0.05) is 30.7 Å². The Morgan fingerprint density at radius 2 is 1.88 bits per heavy atom. The predicted molar refractivity (Wildman–Crippen MR) is 92.8 cm³/mol. The van der Waals surface area contributed by atoms with Crippen LogP contribution in [-0.4, -0.2) is 23.4 Å². The number of amides is 1. The lowest BCUT2D eigenvalue weighted by molar-refractivity contribution is -0.384. The lowest BCUT2D eigenvalue weighted by atomic mass is 10.1. The maximum atomic E-state index is 11.9. The van der Waals surface area contributed by atoms with Crippen molar-refractivity contribution in [3.05, 3.63) is 68.7 Å². The summed E-state index contributed by atoms with van der Waals surface area (Å²) in [5, 5.41) is 13.1. The zero-order chi connectivity index (χ0) is 18.4. The van der Waals surface area contributed by atoms with Crippen molar-refractivity contribution in [2.75, 3.05) is 11.9 Å². The topological polar surface area (TPSA) is 98.5 Å². The summed E-state index contributed by atoms with van der Waals surface area (Å²) in [5.41, 5.74) is 1.44. The third-order valence-corrected chi connectivity index (χ3v) is 3.68. The number of nitro groups is 1. The Kier molecular flexibility index (Phi) is 6.08. The molecule has 0 aliphatic rings. The molecule has 0 spiro atoms. The Balaban J connectivity index is 1.92. The number of nitrogens with one attached hydrogen (secondary N) is 1. The second kappa shape index (κ2) is 8.25. The van der Waals surface area contributed by atoms with E-state index in [0.717, 1.165) is 24.1 Å². The lowest BCUT2D eigenvalue weighted by Crippen LogP contribution is -2.21. The normalized spacial score (nSPS) is 10.2. The van der Waals surface area contributed by atoms with Crippen LogP contribution in [0.4, 0.5) is 11.4 Å². The number of hydrogen-bond acceptors (Lipinski definition) is 5. The van der Waals surface area contributed by atoms with E-state index in [4.69, 9.17) is 16.3 Å². The average Bonchev–Trinajstić information content (AvgIpc) is 2.60. The minimum absolute atomic E-state index is 0.0487. The molecule has 0 aliphatic carbocycles. The van der Waals surface area contributed by atoms with Crippen molar-refractivity contribution in [3.8, 4) is 0 Å². The molecule has 0 aromatic heterocycles. The summed E-state index contributed by atoms with van der Waals surface area (Å²) in [6, 6.07) is 10.7. The Morgan fingerprint density at radius 3 is 2.44 bits per heavy atom. The molecule has 0 saturated heterocycles. The molecule has 0 saturated carbocycles. The van der Waals surface area contributed by atoms with Crippen LogP contribution in [0.15, 0.2) is 42.5 Å². The number of non-ortho nitro benzene ring substituents is 1. The van der Waals surface area contributed by atoms with E-state index in [1.54, 1.807) is 12.1 Å². The third-order valence-electron chi connectivity index (χ3n) is 3.36. The van der Waals surface area contributed by atoms with Crippen molar-refractivity contribution in [1.82, 2.24) is 0 Å². The van der Waals surface area contributed by atoms with Crippen LogP contribution in [0.3, 0.4) is 0 Å². The number of carbonyl (C=O) groups is 2. The fourth-order valence-electron chi connectivity index (χ4n) is 2.01. The largest absolute Gasteiger partial charge is 0.452 e.